The highest BCUT2D eigenvalue weighted by Crippen LogP contribution is 2.33. The maximum Gasteiger partial charge on any atom is 0.241 e. The molecule has 144 valence electrons. The largest absolute Gasteiger partial charge is 0.495 e. The summed E-state index contributed by atoms with van der Waals surface area (Å²) in [7, 11) is 1.62. The van der Waals surface area contributed by atoms with Gasteiger partial charge in [-0.2, -0.15) is 0 Å². The highest BCUT2D eigenvalue weighted by molar-refractivity contribution is 5.57. The van der Waals surface area contributed by atoms with Gasteiger partial charge < -0.3 is 19.5 Å². The second kappa shape index (κ2) is 8.67. The molecule has 4 rings (SSSR count). The van der Waals surface area contributed by atoms with Crippen molar-refractivity contribution in [3.8, 4) is 17.4 Å². The molecule has 1 N–H and O–H groups in total. The predicted octanol–water partition coefficient (Wildman–Crippen LogP) is 4.31. The van der Waals surface area contributed by atoms with E-state index in [0.717, 1.165) is 49.0 Å². The minimum Gasteiger partial charge on any atom is -0.495 e. The third-order valence-corrected chi connectivity index (χ3v) is 4.61. The van der Waals surface area contributed by atoms with E-state index in [-0.39, 0.29) is 0 Å². The predicted molar refractivity (Wildman–Crippen MR) is 105 cm³/mol. The van der Waals surface area contributed by atoms with Crippen LogP contribution in [0.5, 0.6) is 17.4 Å². The van der Waals surface area contributed by atoms with Crippen molar-refractivity contribution in [2.75, 3.05) is 25.6 Å². The van der Waals surface area contributed by atoms with E-state index in [1.54, 1.807) is 25.7 Å². The number of benzene rings is 1. The molecule has 1 aliphatic heterocycles. The number of aromatic nitrogens is 3. The van der Waals surface area contributed by atoms with Crippen molar-refractivity contribution in [2.45, 2.75) is 18.8 Å². The number of methoxy groups -OCH3 is 1. The molecule has 7 heteroatoms. The molecular formula is C21H22N4O3. The summed E-state index contributed by atoms with van der Waals surface area (Å²) in [6.45, 7) is 1.50. The van der Waals surface area contributed by atoms with Gasteiger partial charge in [0.15, 0.2) is 0 Å². The monoisotopic (exact) mass is 378 g/mol. The molecule has 3 aromatic rings. The number of hydrogen-bond acceptors (Lipinski definition) is 7. The van der Waals surface area contributed by atoms with Gasteiger partial charge in [-0.1, -0.05) is 0 Å². The molecule has 0 atom stereocenters. The summed E-state index contributed by atoms with van der Waals surface area (Å²) in [4.78, 5) is 13.2. The molecule has 0 aliphatic carbocycles. The van der Waals surface area contributed by atoms with Gasteiger partial charge in [0.25, 0.3) is 0 Å². The van der Waals surface area contributed by atoms with Crippen molar-refractivity contribution in [3.63, 3.8) is 0 Å². The zero-order chi connectivity index (χ0) is 19.2. The first-order valence-electron chi connectivity index (χ1n) is 9.25. The Morgan fingerprint density at radius 3 is 2.39 bits per heavy atom. The van der Waals surface area contributed by atoms with E-state index in [2.05, 4.69) is 20.3 Å². The van der Waals surface area contributed by atoms with Crippen LogP contribution in [0, 0.1) is 0 Å². The van der Waals surface area contributed by atoms with E-state index in [4.69, 9.17) is 14.2 Å². The second-order valence-electron chi connectivity index (χ2n) is 6.47. The molecule has 1 aliphatic rings. The molecule has 1 aromatic carbocycles. The Morgan fingerprint density at radius 1 is 0.929 bits per heavy atom. The van der Waals surface area contributed by atoms with Crippen molar-refractivity contribution < 1.29 is 14.2 Å². The molecule has 3 heterocycles. The molecule has 0 saturated carbocycles. The molecule has 0 amide bonds. The summed E-state index contributed by atoms with van der Waals surface area (Å²) in [5.74, 6) is 3.05. The van der Waals surface area contributed by atoms with E-state index < -0.39 is 0 Å². The smallest absolute Gasteiger partial charge is 0.241 e. The van der Waals surface area contributed by atoms with E-state index >= 15 is 0 Å². The van der Waals surface area contributed by atoms with Crippen LogP contribution in [0.2, 0.25) is 0 Å². The van der Waals surface area contributed by atoms with Gasteiger partial charge in [0.05, 0.1) is 13.3 Å². The van der Waals surface area contributed by atoms with Gasteiger partial charge in [-0.3, -0.25) is 4.98 Å². The van der Waals surface area contributed by atoms with Crippen LogP contribution < -0.4 is 14.8 Å². The van der Waals surface area contributed by atoms with Gasteiger partial charge in [-0.05, 0) is 49.2 Å². The summed E-state index contributed by atoms with van der Waals surface area (Å²) >= 11 is 0. The zero-order valence-electron chi connectivity index (χ0n) is 15.7. The molecular weight excluding hydrogens is 356 g/mol. The minimum atomic E-state index is 0.319. The van der Waals surface area contributed by atoms with Crippen LogP contribution in [0.1, 0.15) is 24.5 Å². The lowest BCUT2D eigenvalue weighted by atomic mass is 9.96. The van der Waals surface area contributed by atoms with E-state index in [1.807, 2.05) is 36.4 Å². The molecule has 1 saturated heterocycles. The Bertz CT molecular complexity index is 894. The van der Waals surface area contributed by atoms with Crippen LogP contribution in [0.25, 0.3) is 0 Å². The number of hydrogen-bond donors (Lipinski definition) is 1. The summed E-state index contributed by atoms with van der Waals surface area (Å²) in [5, 5.41) is 3.25. The molecule has 1 fully saturated rings. The van der Waals surface area contributed by atoms with Gasteiger partial charge >= 0.3 is 0 Å². The Kier molecular flexibility index (Phi) is 5.63. The normalized spacial score (nSPS) is 14.5. The fraction of sp³-hybridized carbons (Fsp3) is 0.286. The quantitative estimate of drug-likeness (QED) is 0.685. The summed E-state index contributed by atoms with van der Waals surface area (Å²) < 4.78 is 16.6. The Morgan fingerprint density at radius 2 is 1.68 bits per heavy atom. The molecule has 0 bridgehead atoms. The first-order valence-corrected chi connectivity index (χ1v) is 9.25. The highest BCUT2D eigenvalue weighted by atomic mass is 16.5. The van der Waals surface area contributed by atoms with E-state index in [0.29, 0.717) is 17.5 Å². The first kappa shape index (κ1) is 18.2. The van der Waals surface area contributed by atoms with Crippen LogP contribution in [0.15, 0.2) is 55.0 Å². The number of pyridine rings is 1. The number of rotatable bonds is 6. The average Bonchev–Trinajstić information content (AvgIpc) is 2.77. The summed E-state index contributed by atoms with van der Waals surface area (Å²) in [6.07, 6.45) is 6.92. The maximum absolute atomic E-state index is 6.02. The lowest BCUT2D eigenvalue weighted by molar-refractivity contribution is 0.0839. The van der Waals surface area contributed by atoms with Crippen molar-refractivity contribution in [2.24, 2.45) is 0 Å². The van der Waals surface area contributed by atoms with Crippen LogP contribution in [-0.2, 0) is 4.74 Å². The summed E-state index contributed by atoms with van der Waals surface area (Å²) in [5.41, 5.74) is 1.81. The lowest BCUT2D eigenvalue weighted by Gasteiger charge is -2.22. The number of anilines is 2. The van der Waals surface area contributed by atoms with E-state index in [1.165, 1.54) is 0 Å². The minimum absolute atomic E-state index is 0.319. The van der Waals surface area contributed by atoms with Gasteiger partial charge in [0.2, 0.25) is 5.88 Å². The summed E-state index contributed by atoms with van der Waals surface area (Å²) in [6, 6.07) is 11.4. The molecule has 28 heavy (non-hydrogen) atoms. The fourth-order valence-electron chi connectivity index (χ4n) is 3.11. The molecule has 2 aromatic heterocycles. The second-order valence-corrected chi connectivity index (χ2v) is 6.47. The number of ether oxygens (including phenoxy) is 3. The zero-order valence-corrected chi connectivity index (χ0v) is 15.7. The molecule has 0 radical (unpaired) electrons. The van der Waals surface area contributed by atoms with Crippen molar-refractivity contribution in [1.29, 1.82) is 0 Å². The van der Waals surface area contributed by atoms with Gasteiger partial charge in [0, 0.05) is 37.2 Å². The van der Waals surface area contributed by atoms with Gasteiger partial charge in [0.1, 0.15) is 23.0 Å². The van der Waals surface area contributed by atoms with Crippen molar-refractivity contribution >= 4 is 11.5 Å². The third-order valence-electron chi connectivity index (χ3n) is 4.61. The van der Waals surface area contributed by atoms with E-state index in [9.17, 15) is 0 Å². The SMILES string of the molecule is COc1ccc(Nc2ccc(Oc3nccnc3C3CCOCC3)cc2)nc1. The van der Waals surface area contributed by atoms with Crippen molar-refractivity contribution in [3.05, 3.63) is 60.7 Å². The maximum atomic E-state index is 6.02. The number of nitrogens with one attached hydrogen (secondary N) is 1. The topological polar surface area (TPSA) is 78.4 Å². The van der Waals surface area contributed by atoms with Crippen molar-refractivity contribution in [1.82, 2.24) is 15.0 Å². The Labute approximate surface area is 163 Å². The molecule has 7 nitrogen and oxygen atoms in total. The lowest BCUT2D eigenvalue weighted by Crippen LogP contribution is -2.16. The van der Waals surface area contributed by atoms with Crippen LogP contribution in [0.3, 0.4) is 0 Å². The fourth-order valence-corrected chi connectivity index (χ4v) is 3.11. The first-order chi connectivity index (χ1) is 13.8. The van der Waals surface area contributed by atoms with Crippen LogP contribution >= 0.6 is 0 Å². The Balaban J connectivity index is 1.44. The van der Waals surface area contributed by atoms with Gasteiger partial charge in [-0.25, -0.2) is 9.97 Å². The van der Waals surface area contributed by atoms with Gasteiger partial charge in [-0.15, -0.1) is 0 Å². The standard InChI is InChI=1S/C21H22N4O3/c1-26-18-6-7-19(24-14-18)25-16-2-4-17(5-3-16)28-21-20(22-10-11-23-21)15-8-12-27-13-9-15/h2-7,10-11,14-15H,8-9,12-13H2,1H3,(H,24,25). The molecule has 0 unspecified atom stereocenters. The Hall–Kier alpha value is -3.19. The average molecular weight is 378 g/mol. The van der Waals surface area contributed by atoms with Crippen LogP contribution in [-0.4, -0.2) is 35.3 Å². The highest BCUT2D eigenvalue weighted by Gasteiger charge is 2.22. The number of nitrogens with zero attached hydrogens (tertiary/aromatic N) is 3. The molecule has 0 spiro atoms. The third kappa shape index (κ3) is 4.37. The van der Waals surface area contributed by atoms with Crippen LogP contribution in [0.4, 0.5) is 11.5 Å².